The van der Waals surface area contributed by atoms with Crippen molar-refractivity contribution in [3.8, 4) is 11.5 Å². The molecule has 4 saturated carbocycles. The van der Waals surface area contributed by atoms with E-state index >= 15 is 0 Å². The third-order valence-corrected chi connectivity index (χ3v) is 24.2. The zero-order chi connectivity index (χ0) is 61.3. The Kier molecular flexibility index (Phi) is 27.0. The number of halogens is 3. The Hall–Kier alpha value is -5.07. The minimum Gasteiger partial charge on any atom is -1.00 e. The van der Waals surface area contributed by atoms with Crippen molar-refractivity contribution in [2.75, 3.05) is 46.9 Å². The summed E-state index contributed by atoms with van der Waals surface area (Å²) in [6.07, 6.45) is 1.74. The molecular weight excluding hydrogens is 1370 g/mol. The molecule has 4 bridgehead atoms. The molecule has 10 atom stereocenters. The molecule has 89 heavy (non-hydrogen) atoms. The number of carbonyl (C=O) groups is 2. The number of ether oxygens (including phenoxy) is 3. The molecule has 6 aromatic carbocycles. The van der Waals surface area contributed by atoms with Crippen LogP contribution < -0.4 is 43.4 Å². The van der Waals surface area contributed by atoms with Gasteiger partial charge in [-0.25, -0.2) is 19.6 Å². The second kappa shape index (κ2) is 33.0. The first-order valence-electron chi connectivity index (χ1n) is 29.1. The molecule has 2 aliphatic heterocycles. The highest BCUT2D eigenvalue weighted by atomic mass is 79.9. The number of aryl methyl sites for hydroxylation is 4. The summed E-state index contributed by atoms with van der Waals surface area (Å²) >= 11 is 0. The summed E-state index contributed by atoms with van der Waals surface area (Å²) in [6, 6.07) is 52.9. The molecule has 2 heterocycles. The summed E-state index contributed by atoms with van der Waals surface area (Å²) in [5, 5.41) is 17.7. The monoisotopic (exact) mass is 1440 g/mol. The number of aliphatic imine (C=N–C) groups is 2. The van der Waals surface area contributed by atoms with Crippen molar-refractivity contribution in [3.05, 3.63) is 168 Å². The second-order valence-corrected chi connectivity index (χ2v) is 30.3. The van der Waals surface area contributed by atoms with E-state index in [1.165, 1.54) is 29.4 Å². The number of aliphatic hydroxyl groups excluding tert-OH is 1. The molecule has 6 fully saturated rings. The predicted molar refractivity (Wildman–Crippen MR) is 340 cm³/mol. The number of carboxylic acid groups (broad SMARTS) is 1. The molecule has 2 N–H and O–H groups in total. The minimum absolute atomic E-state index is 0. The number of aliphatic carboxylic acids is 1. The average molecular weight is 1440 g/mol. The van der Waals surface area contributed by atoms with Crippen LogP contribution in [0.15, 0.2) is 185 Å². The zero-order valence-electron chi connectivity index (χ0n) is 50.7. The number of rotatable bonds is 18. The van der Waals surface area contributed by atoms with Crippen molar-refractivity contribution in [1.29, 1.82) is 0 Å². The molecule has 10 unspecified atom stereocenters. The lowest BCUT2D eigenvalue weighted by Crippen LogP contribution is -3.00. The smallest absolute Gasteiger partial charge is 0.344 e. The van der Waals surface area contributed by atoms with Crippen molar-refractivity contribution in [2.45, 2.75) is 131 Å². The van der Waals surface area contributed by atoms with Gasteiger partial charge in [-0.3, -0.25) is 8.37 Å². The normalized spacial score (nSPS) is 23.5. The van der Waals surface area contributed by atoms with Gasteiger partial charge in [0.1, 0.15) is 29.8 Å². The molecule has 0 aromatic heterocycles. The number of esters is 1. The van der Waals surface area contributed by atoms with E-state index in [9.17, 15) is 31.5 Å². The molecule has 6 aliphatic rings. The summed E-state index contributed by atoms with van der Waals surface area (Å²) in [5.41, 5.74) is 3.79. The highest BCUT2D eigenvalue weighted by molar-refractivity contribution is 7.97. The van der Waals surface area contributed by atoms with Crippen molar-refractivity contribution in [3.63, 3.8) is 0 Å². The molecule has 2 saturated heterocycles. The fourth-order valence-corrected chi connectivity index (χ4v) is 20.9. The van der Waals surface area contributed by atoms with E-state index < -0.39 is 61.8 Å². The lowest BCUT2D eigenvalue weighted by Gasteiger charge is -2.25. The molecule has 4 aliphatic carbocycles. The van der Waals surface area contributed by atoms with Crippen LogP contribution in [0, 0.1) is 51.4 Å². The predicted octanol–water partition coefficient (Wildman–Crippen LogP) is 4.73. The number of carbonyl (C=O) groups excluding carboxylic acids is 1. The largest absolute Gasteiger partial charge is 1.00 e. The van der Waals surface area contributed by atoms with Crippen LogP contribution in [0.3, 0.4) is 0 Å². The molecular formula is C66H78Br2ClN3O13S4. The maximum Gasteiger partial charge on any atom is 0.344 e. The standard InChI is InChI=1S/C29H29O6S2.C22H20O3S.C8H17N3.C7H10O4S.2BrH.ClH/c1-18-13-23(36(21-9-5-3-6-10-21)22-11-7-4-8-12-22)14-19(2)27(18)33-17-26(30)34-28-20-15-24-25(16-20)37(31,32)35-29(24)28;1-16-13-20(14-17(2)22(16)25-15-21(23)24)26(18-9-5-3-6-10-18)19-11-7-4-8-12-19;1-4-9-8-10-6-5-7-11(2)3;8-6-3-1-4-5(2-3)12(9,10)11-7(4)6;;;/h3-14,20,24-25,28-29H,15-17H2,1-2H3;3-14H,15H2,1-2H3;4-7H2,1-3H3;3-8H,1-2H2;3*1H/q+1;;;;;;/p-1. The van der Waals surface area contributed by atoms with Gasteiger partial charge in [-0.15, -0.1) is 12.4 Å². The SMILES string of the molecule is CCN=C=NCCCN(C)C.Cc1cc([S+](c2ccccc2)c2ccccc2)cc(C)c1OCC(=O)O.Cc1cc([S+](c2ccccc2)c2ccccc2)cc(C)c1OCC(=O)OC1C2CC3C1OS(=O)(=O)C3C2.Cl.O=S1(=O)OC2C(O)C3CC2C1C3.[Br-].[Br-]. The van der Waals surface area contributed by atoms with Gasteiger partial charge >= 0.3 is 11.9 Å². The molecule has 480 valence electrons. The van der Waals surface area contributed by atoms with Gasteiger partial charge in [0.2, 0.25) is 0 Å². The summed E-state index contributed by atoms with van der Waals surface area (Å²) in [7, 11) is -3.25. The van der Waals surface area contributed by atoms with E-state index in [4.69, 9.17) is 27.7 Å². The van der Waals surface area contributed by atoms with Crippen LogP contribution in [-0.4, -0.2) is 132 Å². The number of carboxylic acids is 1. The van der Waals surface area contributed by atoms with Crippen molar-refractivity contribution in [2.24, 2.45) is 33.7 Å². The van der Waals surface area contributed by atoms with Crippen LogP contribution in [0.5, 0.6) is 11.5 Å². The zero-order valence-corrected chi connectivity index (χ0v) is 58.0. The molecule has 12 rings (SSSR count). The second-order valence-electron chi connectivity index (χ2n) is 22.6. The van der Waals surface area contributed by atoms with E-state index in [-0.39, 0.29) is 110 Å². The van der Waals surface area contributed by atoms with Crippen LogP contribution in [-0.2, 0) is 64.7 Å². The Morgan fingerprint density at radius 3 is 1.38 bits per heavy atom. The number of fused-ring (bicyclic) bond motifs is 2. The van der Waals surface area contributed by atoms with Crippen molar-refractivity contribution >= 4 is 72.4 Å². The van der Waals surface area contributed by atoms with Crippen LogP contribution in [0.2, 0.25) is 0 Å². The Morgan fingerprint density at radius 1 is 0.596 bits per heavy atom. The molecule has 0 spiro atoms. The lowest BCUT2D eigenvalue weighted by molar-refractivity contribution is -0.158. The number of aliphatic hydroxyl groups is 1. The van der Waals surface area contributed by atoms with Gasteiger partial charge in [-0.05, 0) is 164 Å². The highest BCUT2D eigenvalue weighted by Crippen LogP contribution is 2.56. The summed E-state index contributed by atoms with van der Waals surface area (Å²) in [4.78, 5) is 40.8. The Labute approximate surface area is 557 Å². The maximum absolute atomic E-state index is 12.7. The highest BCUT2D eigenvalue weighted by Gasteiger charge is 2.66. The molecule has 0 radical (unpaired) electrons. The third kappa shape index (κ3) is 17.8. The number of benzene rings is 6. The van der Waals surface area contributed by atoms with Gasteiger partial charge in [-0.1, -0.05) is 72.8 Å². The molecule has 0 amide bonds. The number of hydrogen-bond acceptors (Lipinski definition) is 15. The topological polar surface area (TPSA) is 217 Å². The van der Waals surface area contributed by atoms with Crippen LogP contribution in [0.1, 0.15) is 61.3 Å². The van der Waals surface area contributed by atoms with Crippen molar-refractivity contribution in [1.82, 2.24) is 4.90 Å². The Balaban J connectivity index is 0.000000210. The van der Waals surface area contributed by atoms with Crippen LogP contribution >= 0.6 is 12.4 Å². The molecule has 16 nitrogen and oxygen atoms in total. The first-order valence-corrected chi connectivity index (χ1v) is 34.5. The fraction of sp³-hybridized carbons (Fsp3) is 0.409. The number of hydrogen-bond donors (Lipinski definition) is 2. The quantitative estimate of drug-likeness (QED) is 0.0391. The van der Waals surface area contributed by atoms with E-state index in [1.807, 2.05) is 58.9 Å². The lowest BCUT2D eigenvalue weighted by atomic mass is 9.94. The van der Waals surface area contributed by atoms with Gasteiger partial charge in [0.15, 0.2) is 42.6 Å². The maximum atomic E-state index is 12.7. The fourth-order valence-electron chi connectivity index (χ4n) is 12.6. The first kappa shape index (κ1) is 73.0. The average Bonchev–Trinajstić information content (AvgIpc) is 1.68. The van der Waals surface area contributed by atoms with E-state index in [0.717, 1.165) is 61.2 Å². The third-order valence-electron chi connectivity index (χ3n) is 16.2. The van der Waals surface area contributed by atoms with Gasteiger partial charge in [0.05, 0.1) is 50.9 Å². The Morgan fingerprint density at radius 2 is 0.989 bits per heavy atom. The molecule has 23 heteroatoms. The van der Waals surface area contributed by atoms with E-state index in [2.05, 4.69) is 156 Å². The minimum atomic E-state index is -3.54. The summed E-state index contributed by atoms with van der Waals surface area (Å²) < 4.78 is 74.2. The van der Waals surface area contributed by atoms with Gasteiger partial charge in [0, 0.05) is 48.6 Å². The Bertz CT molecular complexity index is 3490. The first-order chi connectivity index (χ1) is 41.2. The summed E-state index contributed by atoms with van der Waals surface area (Å²) in [6.45, 7) is 12.0. The molecule has 6 aromatic rings. The van der Waals surface area contributed by atoms with E-state index in [1.54, 1.807) is 0 Å². The van der Waals surface area contributed by atoms with Gasteiger partial charge in [-0.2, -0.15) is 16.8 Å². The van der Waals surface area contributed by atoms with Gasteiger partial charge in [0.25, 0.3) is 20.2 Å². The van der Waals surface area contributed by atoms with E-state index in [0.29, 0.717) is 24.3 Å². The van der Waals surface area contributed by atoms with Crippen molar-refractivity contribution < 1.29 is 93.2 Å². The number of nitrogens with zero attached hydrogens (tertiary/aromatic N) is 3. The van der Waals surface area contributed by atoms with Crippen LogP contribution in [0.25, 0.3) is 0 Å². The summed E-state index contributed by atoms with van der Waals surface area (Å²) in [5.74, 6) is 0.0715. The van der Waals surface area contributed by atoms with Crippen LogP contribution in [0.4, 0.5) is 0 Å². The van der Waals surface area contributed by atoms with Gasteiger partial charge < -0.3 is 63.3 Å².